The third-order valence-electron chi connectivity index (χ3n) is 4.61. The minimum absolute atomic E-state index is 0.0772. The first-order valence-electron chi connectivity index (χ1n) is 9.55. The normalized spacial score (nSPS) is 11.1. The first-order chi connectivity index (χ1) is 14.8. The summed E-state index contributed by atoms with van der Waals surface area (Å²) in [6, 6.07) is 20.3. The van der Waals surface area contributed by atoms with E-state index in [1.54, 1.807) is 30.3 Å². The van der Waals surface area contributed by atoms with Crippen molar-refractivity contribution in [2.45, 2.75) is 18.4 Å². The highest BCUT2D eigenvalue weighted by Gasteiger charge is 2.27. The summed E-state index contributed by atoms with van der Waals surface area (Å²) in [6.45, 7) is 1.86. The Kier molecular flexibility index (Phi) is 7.20. The SMILES string of the molecule is COc1ccc(N(CC(=O)NCc2cccc(C)c2)S(=O)(=O)c2ccccc2)cc1Cl. The van der Waals surface area contributed by atoms with Crippen molar-refractivity contribution >= 4 is 33.2 Å². The van der Waals surface area contributed by atoms with Gasteiger partial charge in [-0.3, -0.25) is 9.10 Å². The van der Waals surface area contributed by atoms with Crippen molar-refractivity contribution in [3.8, 4) is 5.75 Å². The molecule has 0 bridgehead atoms. The zero-order valence-corrected chi connectivity index (χ0v) is 18.8. The molecule has 31 heavy (non-hydrogen) atoms. The van der Waals surface area contributed by atoms with Gasteiger partial charge in [0.2, 0.25) is 5.91 Å². The Morgan fingerprint density at radius 2 is 1.77 bits per heavy atom. The fourth-order valence-corrected chi connectivity index (χ4v) is 4.74. The van der Waals surface area contributed by atoms with E-state index >= 15 is 0 Å². The van der Waals surface area contributed by atoms with Gasteiger partial charge in [0.25, 0.3) is 10.0 Å². The van der Waals surface area contributed by atoms with Crippen LogP contribution in [0.1, 0.15) is 11.1 Å². The van der Waals surface area contributed by atoms with Gasteiger partial charge in [0.1, 0.15) is 12.3 Å². The quantitative estimate of drug-likeness (QED) is 0.549. The molecule has 3 aromatic carbocycles. The van der Waals surface area contributed by atoms with Gasteiger partial charge < -0.3 is 10.1 Å². The minimum atomic E-state index is -4.00. The van der Waals surface area contributed by atoms with E-state index in [4.69, 9.17) is 16.3 Å². The number of aryl methyl sites for hydroxylation is 1. The summed E-state index contributed by atoms with van der Waals surface area (Å²) in [5.74, 6) is -0.0284. The number of ether oxygens (including phenoxy) is 1. The molecule has 6 nitrogen and oxygen atoms in total. The number of carbonyl (C=O) groups is 1. The van der Waals surface area contributed by atoms with Crippen LogP contribution in [0.3, 0.4) is 0 Å². The first-order valence-corrected chi connectivity index (χ1v) is 11.4. The molecule has 1 N–H and O–H groups in total. The van der Waals surface area contributed by atoms with E-state index in [0.29, 0.717) is 12.3 Å². The van der Waals surface area contributed by atoms with Crippen molar-refractivity contribution in [2.24, 2.45) is 0 Å². The van der Waals surface area contributed by atoms with Gasteiger partial charge in [-0.2, -0.15) is 0 Å². The number of hydrogen-bond acceptors (Lipinski definition) is 4. The molecule has 0 aromatic heterocycles. The average molecular weight is 459 g/mol. The maximum absolute atomic E-state index is 13.3. The van der Waals surface area contributed by atoms with Crippen LogP contribution < -0.4 is 14.4 Å². The van der Waals surface area contributed by atoms with Crippen molar-refractivity contribution in [2.75, 3.05) is 18.0 Å². The van der Waals surface area contributed by atoms with E-state index in [1.807, 2.05) is 31.2 Å². The van der Waals surface area contributed by atoms with Crippen molar-refractivity contribution < 1.29 is 17.9 Å². The molecule has 1 amide bonds. The number of nitrogens with zero attached hydrogens (tertiary/aromatic N) is 1. The van der Waals surface area contributed by atoms with Crippen LogP contribution >= 0.6 is 11.6 Å². The number of benzene rings is 3. The summed E-state index contributed by atoms with van der Waals surface area (Å²) >= 11 is 6.22. The number of sulfonamides is 1. The Bertz CT molecular complexity index is 1170. The van der Waals surface area contributed by atoms with Gasteiger partial charge in [0, 0.05) is 6.54 Å². The molecule has 162 valence electrons. The van der Waals surface area contributed by atoms with Gasteiger partial charge in [-0.15, -0.1) is 0 Å². The van der Waals surface area contributed by atoms with Crippen LogP contribution in [0.2, 0.25) is 5.02 Å². The zero-order chi connectivity index (χ0) is 22.4. The zero-order valence-electron chi connectivity index (χ0n) is 17.2. The molecule has 3 aromatic rings. The molecule has 0 aliphatic rings. The average Bonchev–Trinajstić information content (AvgIpc) is 2.76. The lowest BCUT2D eigenvalue weighted by Gasteiger charge is -2.24. The Hall–Kier alpha value is -3.03. The predicted octanol–water partition coefficient (Wildman–Crippen LogP) is 4.17. The summed E-state index contributed by atoms with van der Waals surface area (Å²) in [5, 5.41) is 3.03. The fourth-order valence-electron chi connectivity index (χ4n) is 3.05. The topological polar surface area (TPSA) is 75.7 Å². The number of rotatable bonds is 8. The second-order valence-corrected chi connectivity index (χ2v) is 9.18. The molecule has 8 heteroatoms. The molecule has 0 spiro atoms. The Morgan fingerprint density at radius 3 is 2.42 bits per heavy atom. The number of hydrogen-bond donors (Lipinski definition) is 1. The van der Waals surface area contributed by atoms with Crippen LogP contribution in [0.4, 0.5) is 5.69 Å². The minimum Gasteiger partial charge on any atom is -0.495 e. The smallest absolute Gasteiger partial charge is 0.264 e. The van der Waals surface area contributed by atoms with E-state index in [0.717, 1.165) is 15.4 Å². The monoisotopic (exact) mass is 458 g/mol. The van der Waals surface area contributed by atoms with Gasteiger partial charge in [-0.25, -0.2) is 8.42 Å². The van der Waals surface area contributed by atoms with Gasteiger partial charge in [0.05, 0.1) is 22.7 Å². The van der Waals surface area contributed by atoms with E-state index in [1.165, 1.54) is 25.3 Å². The van der Waals surface area contributed by atoms with Crippen LogP contribution in [0, 0.1) is 6.92 Å². The molecule has 0 aliphatic carbocycles. The third kappa shape index (κ3) is 5.57. The highest BCUT2D eigenvalue weighted by Crippen LogP contribution is 2.31. The van der Waals surface area contributed by atoms with E-state index in [-0.39, 0.29) is 15.6 Å². The van der Waals surface area contributed by atoms with Gasteiger partial charge >= 0.3 is 0 Å². The Labute approximate surface area is 187 Å². The molecule has 0 aliphatic heterocycles. The molecule has 3 rings (SSSR count). The first kappa shape index (κ1) is 22.7. The summed E-state index contributed by atoms with van der Waals surface area (Å²) in [7, 11) is -2.53. The second kappa shape index (κ2) is 9.85. The number of anilines is 1. The lowest BCUT2D eigenvalue weighted by Crippen LogP contribution is -2.40. The third-order valence-corrected chi connectivity index (χ3v) is 6.70. The number of methoxy groups -OCH3 is 1. The van der Waals surface area contributed by atoms with Gasteiger partial charge in [-0.05, 0) is 42.8 Å². The fraction of sp³-hybridized carbons (Fsp3) is 0.174. The highest BCUT2D eigenvalue weighted by molar-refractivity contribution is 7.92. The molecular weight excluding hydrogens is 436 g/mol. The second-order valence-electron chi connectivity index (χ2n) is 6.91. The standard InChI is InChI=1S/C23H23ClN2O4S/c1-17-7-6-8-18(13-17)15-25-23(27)16-26(19-11-12-22(30-2)21(24)14-19)31(28,29)20-9-4-3-5-10-20/h3-14H,15-16H2,1-2H3,(H,25,27). The van der Waals surface area contributed by atoms with Crippen LogP contribution in [0.15, 0.2) is 77.7 Å². The molecule has 0 saturated heterocycles. The molecule has 0 unspecified atom stereocenters. The van der Waals surface area contributed by atoms with E-state index in [9.17, 15) is 13.2 Å². The van der Waals surface area contributed by atoms with E-state index in [2.05, 4.69) is 5.32 Å². The highest BCUT2D eigenvalue weighted by atomic mass is 35.5. The predicted molar refractivity (Wildman–Crippen MR) is 122 cm³/mol. The number of carbonyl (C=O) groups excluding carboxylic acids is 1. The van der Waals surface area contributed by atoms with Crippen molar-refractivity contribution in [3.63, 3.8) is 0 Å². The summed E-state index contributed by atoms with van der Waals surface area (Å²) in [6.07, 6.45) is 0. The number of halogens is 1. The summed E-state index contributed by atoms with van der Waals surface area (Å²) in [4.78, 5) is 12.8. The summed E-state index contributed by atoms with van der Waals surface area (Å²) < 4.78 is 32.8. The number of nitrogens with one attached hydrogen (secondary N) is 1. The van der Waals surface area contributed by atoms with Crippen LogP contribution in [-0.2, 0) is 21.4 Å². The van der Waals surface area contributed by atoms with Gasteiger partial charge in [-0.1, -0.05) is 59.6 Å². The molecule has 0 atom stereocenters. The lowest BCUT2D eigenvalue weighted by atomic mass is 10.1. The lowest BCUT2D eigenvalue weighted by molar-refractivity contribution is -0.119. The molecular formula is C23H23ClN2O4S. The van der Waals surface area contributed by atoms with Crippen molar-refractivity contribution in [3.05, 3.63) is 88.9 Å². The van der Waals surface area contributed by atoms with Crippen LogP contribution in [0.25, 0.3) is 0 Å². The Morgan fingerprint density at radius 1 is 1.03 bits per heavy atom. The van der Waals surface area contributed by atoms with Crippen LogP contribution in [-0.4, -0.2) is 28.0 Å². The number of amides is 1. The van der Waals surface area contributed by atoms with E-state index < -0.39 is 22.5 Å². The largest absolute Gasteiger partial charge is 0.495 e. The molecule has 0 saturated carbocycles. The molecule has 0 radical (unpaired) electrons. The Balaban J connectivity index is 1.88. The molecule has 0 fully saturated rings. The maximum atomic E-state index is 13.3. The van der Waals surface area contributed by atoms with Crippen molar-refractivity contribution in [1.82, 2.24) is 5.32 Å². The van der Waals surface area contributed by atoms with Crippen molar-refractivity contribution in [1.29, 1.82) is 0 Å². The van der Waals surface area contributed by atoms with Gasteiger partial charge in [0.15, 0.2) is 0 Å². The summed E-state index contributed by atoms with van der Waals surface area (Å²) in [5.41, 5.74) is 2.27. The maximum Gasteiger partial charge on any atom is 0.264 e. The molecule has 0 heterocycles. The van der Waals surface area contributed by atoms with Crippen LogP contribution in [0.5, 0.6) is 5.75 Å².